The highest BCUT2D eigenvalue weighted by Crippen LogP contribution is 2.22. The van der Waals surface area contributed by atoms with Crippen LogP contribution < -0.4 is 10.6 Å². The number of quaternary nitrogens is 1. The van der Waals surface area contributed by atoms with E-state index in [0.29, 0.717) is 19.4 Å². The van der Waals surface area contributed by atoms with Crippen LogP contribution in [0.5, 0.6) is 0 Å². The number of carbonyl (C=O) groups excluding carboxylic acids is 3. The van der Waals surface area contributed by atoms with Gasteiger partial charge in [0.05, 0.1) is 0 Å². The van der Waals surface area contributed by atoms with Gasteiger partial charge in [0.1, 0.15) is 25.2 Å². The summed E-state index contributed by atoms with van der Waals surface area (Å²) in [6.07, 6.45) is 0.752. The van der Waals surface area contributed by atoms with Crippen LogP contribution in [-0.2, 0) is 20.9 Å². The van der Waals surface area contributed by atoms with E-state index < -0.39 is 17.7 Å². The average Bonchev–Trinajstić information content (AvgIpc) is 2.84. The number of nitrogens with two attached hydrogens (primary N) is 1. The Morgan fingerprint density at radius 1 is 1.23 bits per heavy atom. The number of hydrogen-bond donors (Lipinski definition) is 2. The number of Topliss-reactive ketones (excluding diaryl/α,β-unsaturated/α-hetero) is 1. The molecule has 3 N–H and O–H groups in total. The molecule has 0 radical (unpaired) electrons. The topological polar surface area (TPSA) is 83.1 Å². The molecule has 2 fully saturated rings. The Morgan fingerprint density at radius 2 is 1.95 bits per heavy atom. The van der Waals surface area contributed by atoms with E-state index in [0.717, 1.165) is 18.7 Å². The van der Waals surface area contributed by atoms with E-state index in [4.69, 9.17) is 0 Å². The minimum atomic E-state index is -0.628. The summed E-state index contributed by atoms with van der Waals surface area (Å²) in [4.78, 5) is 38.0. The van der Waals surface area contributed by atoms with Gasteiger partial charge in [-0.05, 0) is 12.0 Å². The first kappa shape index (κ1) is 14.7. The van der Waals surface area contributed by atoms with Crippen LogP contribution in [0.3, 0.4) is 0 Å². The lowest BCUT2D eigenvalue weighted by Crippen LogP contribution is -3.00. The third-order valence-corrected chi connectivity index (χ3v) is 4.29. The lowest BCUT2D eigenvalue weighted by Gasteiger charge is -2.26. The zero-order valence-electron chi connectivity index (χ0n) is 12.3. The Bertz CT molecular complexity index is 584. The van der Waals surface area contributed by atoms with Gasteiger partial charge in [-0.25, -0.2) is 0 Å². The van der Waals surface area contributed by atoms with Gasteiger partial charge in [0.25, 0.3) is 5.91 Å². The van der Waals surface area contributed by atoms with E-state index in [2.05, 4.69) is 10.6 Å². The third-order valence-electron chi connectivity index (χ3n) is 4.29. The maximum absolute atomic E-state index is 12.4. The Morgan fingerprint density at radius 3 is 2.59 bits per heavy atom. The Kier molecular flexibility index (Phi) is 4.20. The van der Waals surface area contributed by atoms with Crippen LogP contribution in [0.1, 0.15) is 18.4 Å². The number of benzene rings is 1. The summed E-state index contributed by atoms with van der Waals surface area (Å²) in [5.74, 6) is -1.11. The summed E-state index contributed by atoms with van der Waals surface area (Å²) in [7, 11) is 0. The van der Waals surface area contributed by atoms with Crippen molar-refractivity contribution in [1.29, 1.82) is 0 Å². The van der Waals surface area contributed by atoms with Crippen molar-refractivity contribution < 1.29 is 19.7 Å². The number of nitrogens with one attached hydrogen (secondary N) is 1. The van der Waals surface area contributed by atoms with Crippen molar-refractivity contribution in [2.75, 3.05) is 13.1 Å². The molecule has 6 heteroatoms. The summed E-state index contributed by atoms with van der Waals surface area (Å²) in [6, 6.07) is 8.97. The lowest BCUT2D eigenvalue weighted by molar-refractivity contribution is -0.711. The highest BCUT2D eigenvalue weighted by molar-refractivity contribution is 6.38. The highest BCUT2D eigenvalue weighted by Gasteiger charge is 2.39. The van der Waals surface area contributed by atoms with Gasteiger partial charge in [-0.3, -0.25) is 14.4 Å². The van der Waals surface area contributed by atoms with Crippen molar-refractivity contribution >= 4 is 17.6 Å². The zero-order valence-corrected chi connectivity index (χ0v) is 12.3. The number of rotatable bonds is 5. The minimum Gasteiger partial charge on any atom is -0.342 e. The van der Waals surface area contributed by atoms with Gasteiger partial charge >= 0.3 is 0 Å². The van der Waals surface area contributed by atoms with Gasteiger partial charge < -0.3 is 15.5 Å². The summed E-state index contributed by atoms with van der Waals surface area (Å²) in [5, 5.41) is 4.80. The predicted octanol–water partition coefficient (Wildman–Crippen LogP) is -1.19. The van der Waals surface area contributed by atoms with Gasteiger partial charge in [0.2, 0.25) is 11.7 Å². The minimum absolute atomic E-state index is 0.0630. The second-order valence-corrected chi connectivity index (χ2v) is 5.86. The molecule has 116 valence electrons. The third kappa shape index (κ3) is 3.01. The molecule has 3 rings (SSSR count). The van der Waals surface area contributed by atoms with Crippen molar-refractivity contribution in [2.24, 2.45) is 0 Å². The van der Waals surface area contributed by atoms with E-state index in [-0.39, 0.29) is 11.9 Å². The molecular weight excluding hydrogens is 282 g/mol. The van der Waals surface area contributed by atoms with Crippen LogP contribution in [-0.4, -0.2) is 47.7 Å². The van der Waals surface area contributed by atoms with Gasteiger partial charge in [-0.1, -0.05) is 30.3 Å². The monoisotopic (exact) mass is 302 g/mol. The quantitative estimate of drug-likeness (QED) is 0.671. The number of carbonyl (C=O) groups is 3. The fourth-order valence-electron chi connectivity index (χ4n) is 2.84. The molecule has 2 aliphatic rings. The molecular formula is C16H20N3O3+. The zero-order chi connectivity index (χ0) is 15.5. The maximum Gasteiger partial charge on any atom is 0.290 e. The van der Waals surface area contributed by atoms with Gasteiger partial charge in [-0.2, -0.15) is 0 Å². The van der Waals surface area contributed by atoms with Crippen LogP contribution >= 0.6 is 0 Å². The van der Waals surface area contributed by atoms with Gasteiger partial charge in [0.15, 0.2) is 0 Å². The number of nitrogens with zero attached hydrogens (tertiary/aromatic N) is 1. The molecule has 2 saturated heterocycles. The molecule has 0 spiro atoms. The molecule has 1 aromatic rings. The number of amides is 2. The van der Waals surface area contributed by atoms with Crippen LogP contribution in [0, 0.1) is 0 Å². The van der Waals surface area contributed by atoms with Crippen molar-refractivity contribution in [3.05, 3.63) is 35.9 Å². The maximum atomic E-state index is 12.4. The number of likely N-dealkylation sites (tertiary alicyclic amines) is 1. The molecule has 2 heterocycles. The van der Waals surface area contributed by atoms with Crippen LogP contribution in [0.15, 0.2) is 30.3 Å². The molecule has 0 bridgehead atoms. The SMILES string of the molecule is O=C(NC1C[NH2+]C1)C(=O)[C@H]1CCC(=O)N1Cc1ccccc1. The van der Waals surface area contributed by atoms with Gasteiger partial charge in [0, 0.05) is 13.0 Å². The first-order valence-electron chi connectivity index (χ1n) is 7.65. The molecule has 0 saturated carbocycles. The van der Waals surface area contributed by atoms with E-state index in [1.165, 1.54) is 4.90 Å². The second kappa shape index (κ2) is 6.27. The Balaban J connectivity index is 1.66. The molecule has 6 nitrogen and oxygen atoms in total. The smallest absolute Gasteiger partial charge is 0.290 e. The summed E-state index contributed by atoms with van der Waals surface area (Å²) < 4.78 is 0. The molecule has 0 aromatic heterocycles. The van der Waals surface area contributed by atoms with Crippen molar-refractivity contribution in [2.45, 2.75) is 31.5 Å². The van der Waals surface area contributed by atoms with Crippen LogP contribution in [0.2, 0.25) is 0 Å². The van der Waals surface area contributed by atoms with E-state index in [1.807, 2.05) is 30.3 Å². The molecule has 22 heavy (non-hydrogen) atoms. The lowest BCUT2D eigenvalue weighted by atomic mass is 10.1. The first-order chi connectivity index (χ1) is 10.6. The van der Waals surface area contributed by atoms with Crippen molar-refractivity contribution in [3.8, 4) is 0 Å². The van der Waals surface area contributed by atoms with Crippen LogP contribution in [0.25, 0.3) is 0 Å². The first-order valence-corrected chi connectivity index (χ1v) is 7.65. The average molecular weight is 302 g/mol. The Labute approximate surface area is 128 Å². The van der Waals surface area contributed by atoms with Crippen molar-refractivity contribution in [1.82, 2.24) is 10.2 Å². The normalized spacial score (nSPS) is 21.5. The molecule has 1 atom stereocenters. The van der Waals surface area contributed by atoms with Crippen LogP contribution in [0.4, 0.5) is 0 Å². The van der Waals surface area contributed by atoms with Crippen molar-refractivity contribution in [3.63, 3.8) is 0 Å². The molecule has 2 aliphatic heterocycles. The highest BCUT2D eigenvalue weighted by atomic mass is 16.2. The molecule has 1 aromatic carbocycles. The number of hydrogen-bond acceptors (Lipinski definition) is 3. The summed E-state index contributed by atoms with van der Waals surface area (Å²) >= 11 is 0. The predicted molar refractivity (Wildman–Crippen MR) is 78.6 cm³/mol. The molecule has 0 unspecified atom stereocenters. The standard InChI is InChI=1S/C16H19N3O3/c20-14-7-6-13(15(21)16(22)18-12-8-17-9-12)19(14)10-11-4-2-1-3-5-11/h1-5,12-13,17H,6-10H2,(H,18,22)/p+1/t13-/m1/s1. The Hall–Kier alpha value is -2.21. The van der Waals surface area contributed by atoms with E-state index in [1.54, 1.807) is 0 Å². The summed E-state index contributed by atoms with van der Waals surface area (Å²) in [6.45, 7) is 2.01. The summed E-state index contributed by atoms with van der Waals surface area (Å²) in [5.41, 5.74) is 0.963. The van der Waals surface area contributed by atoms with E-state index >= 15 is 0 Å². The van der Waals surface area contributed by atoms with E-state index in [9.17, 15) is 14.4 Å². The van der Waals surface area contributed by atoms with Gasteiger partial charge in [-0.15, -0.1) is 0 Å². The largest absolute Gasteiger partial charge is 0.342 e. The fourth-order valence-corrected chi connectivity index (χ4v) is 2.84. The number of ketones is 1. The molecule has 2 amide bonds. The fraction of sp³-hybridized carbons (Fsp3) is 0.438. The molecule has 0 aliphatic carbocycles. The second-order valence-electron chi connectivity index (χ2n) is 5.86.